The molecule has 0 aliphatic carbocycles. The molecule has 0 aliphatic rings. The number of rotatable bonds is 4. The minimum Gasteiger partial charge on any atom is -0.460 e. The summed E-state index contributed by atoms with van der Waals surface area (Å²) in [7, 11) is 0. The molecular formula is C14H14FNO2. The zero-order chi connectivity index (χ0) is 13.7. The predicted molar refractivity (Wildman–Crippen MR) is 65.4 cm³/mol. The third kappa shape index (κ3) is 3.42. The summed E-state index contributed by atoms with van der Waals surface area (Å²) in [5, 5.41) is 8.72. The average Bonchev–Trinajstić information content (AvgIpc) is 2.36. The highest BCUT2D eigenvalue weighted by molar-refractivity contribution is 5.89. The summed E-state index contributed by atoms with van der Waals surface area (Å²) in [5.74, 6) is -0.764. The molecule has 18 heavy (non-hydrogen) atoms. The Bertz CT molecular complexity index is 503. The van der Waals surface area contributed by atoms with Gasteiger partial charge in [0.05, 0.1) is 23.3 Å². The normalized spacial score (nSPS) is 11.7. The van der Waals surface area contributed by atoms with Crippen molar-refractivity contribution in [3.8, 4) is 6.07 Å². The van der Waals surface area contributed by atoms with Crippen molar-refractivity contribution in [1.29, 1.82) is 5.26 Å². The van der Waals surface area contributed by atoms with Crippen molar-refractivity contribution >= 4 is 5.97 Å². The summed E-state index contributed by atoms with van der Waals surface area (Å²) in [6.07, 6.45) is -1.99. The summed E-state index contributed by atoms with van der Waals surface area (Å²) in [4.78, 5) is 11.5. The molecule has 94 valence electrons. The van der Waals surface area contributed by atoms with E-state index in [0.717, 1.165) is 0 Å². The number of ether oxygens (including phenoxy) is 1. The Morgan fingerprint density at radius 3 is 2.72 bits per heavy atom. The van der Waals surface area contributed by atoms with E-state index in [4.69, 9.17) is 10.00 Å². The maximum atomic E-state index is 14.0. The van der Waals surface area contributed by atoms with E-state index in [1.165, 1.54) is 12.1 Å². The number of hydrogen-bond acceptors (Lipinski definition) is 3. The summed E-state index contributed by atoms with van der Waals surface area (Å²) >= 11 is 0. The van der Waals surface area contributed by atoms with E-state index < -0.39 is 12.1 Å². The van der Waals surface area contributed by atoms with Gasteiger partial charge in [-0.1, -0.05) is 18.7 Å². The summed E-state index contributed by atoms with van der Waals surface area (Å²) < 4.78 is 18.9. The van der Waals surface area contributed by atoms with E-state index in [-0.39, 0.29) is 17.2 Å². The Balaban J connectivity index is 2.86. The summed E-state index contributed by atoms with van der Waals surface area (Å²) in [5.41, 5.74) is 0.290. The standard InChI is InChI=1S/C14H14FNO2/c1-9(2)18-14(17)10(3)13(15)12-6-4-5-11(7-12)8-16/h4-7,9,13H,3H2,1-2H3. The molecule has 0 amide bonds. The molecule has 0 saturated carbocycles. The van der Waals surface area contributed by atoms with E-state index in [9.17, 15) is 9.18 Å². The van der Waals surface area contributed by atoms with Gasteiger partial charge in [-0.15, -0.1) is 0 Å². The Hall–Kier alpha value is -2.15. The van der Waals surface area contributed by atoms with Crippen molar-refractivity contribution in [2.45, 2.75) is 26.1 Å². The molecule has 0 N–H and O–H groups in total. The lowest BCUT2D eigenvalue weighted by molar-refractivity contribution is -0.143. The third-order valence-electron chi connectivity index (χ3n) is 2.22. The maximum absolute atomic E-state index is 14.0. The molecule has 0 heterocycles. The molecule has 1 atom stereocenters. The zero-order valence-electron chi connectivity index (χ0n) is 10.3. The highest BCUT2D eigenvalue weighted by Crippen LogP contribution is 2.26. The molecule has 0 aromatic heterocycles. The second-order valence-electron chi connectivity index (χ2n) is 4.08. The molecule has 4 heteroatoms. The molecule has 1 aromatic carbocycles. The molecule has 0 bridgehead atoms. The monoisotopic (exact) mass is 247 g/mol. The van der Waals surface area contributed by atoms with Crippen LogP contribution < -0.4 is 0 Å². The minimum absolute atomic E-state index is 0.222. The van der Waals surface area contributed by atoms with E-state index in [1.807, 2.05) is 6.07 Å². The van der Waals surface area contributed by atoms with Gasteiger partial charge in [-0.2, -0.15) is 5.26 Å². The molecule has 1 rings (SSSR count). The van der Waals surface area contributed by atoms with E-state index in [2.05, 4.69) is 6.58 Å². The Labute approximate surface area is 105 Å². The van der Waals surface area contributed by atoms with Gasteiger partial charge in [-0.25, -0.2) is 9.18 Å². The van der Waals surface area contributed by atoms with E-state index in [1.54, 1.807) is 26.0 Å². The Kier molecular flexibility index (Phi) is 4.61. The molecule has 0 fully saturated rings. The number of carbonyl (C=O) groups excluding carboxylic acids is 1. The molecule has 0 saturated heterocycles. The topological polar surface area (TPSA) is 50.1 Å². The van der Waals surface area contributed by atoms with Crippen LogP contribution in [0.4, 0.5) is 4.39 Å². The van der Waals surface area contributed by atoms with Crippen molar-refractivity contribution in [2.75, 3.05) is 0 Å². The number of alkyl halides is 1. The first-order chi connectivity index (χ1) is 8.45. The molecular weight excluding hydrogens is 233 g/mol. The van der Waals surface area contributed by atoms with Gasteiger partial charge in [-0.3, -0.25) is 0 Å². The Morgan fingerprint density at radius 2 is 2.17 bits per heavy atom. The average molecular weight is 247 g/mol. The lowest BCUT2D eigenvalue weighted by Crippen LogP contribution is -2.16. The van der Waals surface area contributed by atoms with Crippen LogP contribution in [0.3, 0.4) is 0 Å². The van der Waals surface area contributed by atoms with Crippen molar-refractivity contribution < 1.29 is 13.9 Å². The van der Waals surface area contributed by atoms with Crippen LogP contribution in [0.5, 0.6) is 0 Å². The predicted octanol–water partition coefficient (Wildman–Crippen LogP) is 3.08. The van der Waals surface area contributed by atoms with Gasteiger partial charge in [0.2, 0.25) is 0 Å². The van der Waals surface area contributed by atoms with E-state index >= 15 is 0 Å². The first kappa shape index (κ1) is 13.9. The number of nitriles is 1. The second-order valence-corrected chi connectivity index (χ2v) is 4.08. The molecule has 0 radical (unpaired) electrons. The van der Waals surface area contributed by atoms with Crippen molar-refractivity contribution in [1.82, 2.24) is 0 Å². The number of nitrogens with zero attached hydrogens (tertiary/aromatic N) is 1. The fourth-order valence-corrected chi connectivity index (χ4v) is 1.36. The number of hydrogen-bond donors (Lipinski definition) is 0. The largest absolute Gasteiger partial charge is 0.460 e. The van der Waals surface area contributed by atoms with E-state index in [0.29, 0.717) is 5.56 Å². The van der Waals surface area contributed by atoms with Gasteiger partial charge in [0.15, 0.2) is 6.17 Å². The number of benzene rings is 1. The van der Waals surface area contributed by atoms with Crippen molar-refractivity contribution in [3.05, 3.63) is 47.5 Å². The molecule has 0 spiro atoms. The van der Waals surface area contributed by atoms with Gasteiger partial charge in [0.1, 0.15) is 0 Å². The number of carbonyl (C=O) groups is 1. The SMILES string of the molecule is C=C(C(=O)OC(C)C)C(F)c1cccc(C#N)c1. The molecule has 1 unspecified atom stereocenters. The highest BCUT2D eigenvalue weighted by Gasteiger charge is 2.22. The van der Waals surface area contributed by atoms with Crippen LogP contribution in [0.25, 0.3) is 0 Å². The summed E-state index contributed by atoms with van der Waals surface area (Å²) in [6.45, 7) is 6.76. The van der Waals surface area contributed by atoms with Gasteiger partial charge in [-0.05, 0) is 31.5 Å². The van der Waals surface area contributed by atoms with Crippen molar-refractivity contribution in [2.24, 2.45) is 0 Å². The van der Waals surface area contributed by atoms with Gasteiger partial charge >= 0.3 is 5.97 Å². The third-order valence-corrected chi connectivity index (χ3v) is 2.22. The van der Waals surface area contributed by atoms with Crippen LogP contribution in [0.2, 0.25) is 0 Å². The maximum Gasteiger partial charge on any atom is 0.336 e. The Morgan fingerprint density at radius 1 is 1.50 bits per heavy atom. The first-order valence-corrected chi connectivity index (χ1v) is 5.49. The van der Waals surface area contributed by atoms with Crippen LogP contribution in [-0.4, -0.2) is 12.1 Å². The fraction of sp³-hybridized carbons (Fsp3) is 0.286. The van der Waals surface area contributed by atoms with Crippen LogP contribution in [0, 0.1) is 11.3 Å². The lowest BCUT2D eigenvalue weighted by Gasteiger charge is -2.13. The van der Waals surface area contributed by atoms with Crippen LogP contribution in [0.15, 0.2) is 36.4 Å². The molecule has 3 nitrogen and oxygen atoms in total. The van der Waals surface area contributed by atoms with Gasteiger partial charge < -0.3 is 4.74 Å². The van der Waals surface area contributed by atoms with Crippen LogP contribution >= 0.6 is 0 Å². The van der Waals surface area contributed by atoms with Crippen LogP contribution in [-0.2, 0) is 9.53 Å². The zero-order valence-corrected chi connectivity index (χ0v) is 10.3. The highest BCUT2D eigenvalue weighted by atomic mass is 19.1. The number of halogens is 1. The minimum atomic E-state index is -1.66. The first-order valence-electron chi connectivity index (χ1n) is 5.49. The lowest BCUT2D eigenvalue weighted by atomic mass is 10.0. The summed E-state index contributed by atoms with van der Waals surface area (Å²) in [6, 6.07) is 7.91. The van der Waals surface area contributed by atoms with Gasteiger partial charge in [0.25, 0.3) is 0 Å². The second kappa shape index (κ2) is 5.97. The van der Waals surface area contributed by atoms with Crippen LogP contribution in [0.1, 0.15) is 31.1 Å². The van der Waals surface area contributed by atoms with Crippen molar-refractivity contribution in [3.63, 3.8) is 0 Å². The van der Waals surface area contributed by atoms with Gasteiger partial charge in [0, 0.05) is 0 Å². The fourth-order valence-electron chi connectivity index (χ4n) is 1.36. The quantitative estimate of drug-likeness (QED) is 0.607. The molecule has 0 aliphatic heterocycles. The molecule has 1 aromatic rings. The smallest absolute Gasteiger partial charge is 0.336 e. The number of esters is 1.